The van der Waals surface area contributed by atoms with Gasteiger partial charge < -0.3 is 10.1 Å². The molecule has 6 heteroatoms. The van der Waals surface area contributed by atoms with Gasteiger partial charge in [-0.2, -0.15) is 0 Å². The van der Waals surface area contributed by atoms with E-state index in [1.54, 1.807) is 18.5 Å². The number of benzene rings is 1. The van der Waals surface area contributed by atoms with Crippen molar-refractivity contribution in [1.29, 1.82) is 0 Å². The molecule has 0 aliphatic heterocycles. The number of ether oxygens (including phenoxy) is 1. The van der Waals surface area contributed by atoms with Gasteiger partial charge in [-0.15, -0.1) is 0 Å². The number of carbonyl (C=O) groups excluding carboxylic acids is 1. The molecular weight excluding hydrogens is 346 g/mol. The van der Waals surface area contributed by atoms with E-state index in [1.165, 1.54) is 17.3 Å². The Morgan fingerprint density at radius 1 is 1.04 bits per heavy atom. The Bertz CT molecular complexity index is 854. The number of anilines is 1. The minimum atomic E-state index is -0.218. The van der Waals surface area contributed by atoms with Crippen LogP contribution in [-0.2, 0) is 11.2 Å². The first-order valence-corrected chi connectivity index (χ1v) is 9.11. The largest absolute Gasteiger partial charge is 0.484 e. The number of pyridine rings is 2. The van der Waals surface area contributed by atoms with Gasteiger partial charge in [0.25, 0.3) is 5.91 Å². The average molecular weight is 365 g/mol. The minimum absolute atomic E-state index is 0.0451. The van der Waals surface area contributed by atoms with E-state index in [-0.39, 0.29) is 12.5 Å². The molecule has 2 heterocycles. The molecule has 5 nitrogen and oxygen atoms in total. The number of aryl methyl sites for hydroxylation is 1. The lowest BCUT2D eigenvalue weighted by atomic mass is 10.2. The number of amides is 1. The van der Waals surface area contributed by atoms with Gasteiger partial charge >= 0.3 is 0 Å². The molecule has 0 aliphatic rings. The van der Waals surface area contributed by atoms with Crippen LogP contribution in [0.15, 0.2) is 77.0 Å². The fraction of sp³-hybridized carbons (Fsp3) is 0.150. The molecule has 2 aromatic heterocycles. The van der Waals surface area contributed by atoms with Crippen LogP contribution < -0.4 is 10.1 Å². The molecule has 0 radical (unpaired) electrons. The molecule has 0 unspecified atom stereocenters. The summed E-state index contributed by atoms with van der Waals surface area (Å²) >= 11 is 1.44. The fourth-order valence-electron chi connectivity index (χ4n) is 2.22. The van der Waals surface area contributed by atoms with E-state index in [4.69, 9.17) is 4.74 Å². The molecule has 0 aliphatic carbocycles. The minimum Gasteiger partial charge on any atom is -0.484 e. The fourth-order valence-corrected chi connectivity index (χ4v) is 3.00. The maximum atomic E-state index is 12.1. The third-order valence-corrected chi connectivity index (χ3v) is 4.45. The van der Waals surface area contributed by atoms with E-state index in [2.05, 4.69) is 22.2 Å². The average Bonchev–Trinajstić information content (AvgIpc) is 2.68. The molecule has 1 amide bonds. The number of nitrogens with zero attached hydrogens (tertiary/aromatic N) is 2. The van der Waals surface area contributed by atoms with Crippen LogP contribution in [0.5, 0.6) is 5.75 Å². The Kier molecular flexibility index (Phi) is 6.22. The van der Waals surface area contributed by atoms with Crippen LogP contribution in [0.2, 0.25) is 0 Å². The molecular formula is C20H19N3O2S. The smallest absolute Gasteiger partial charge is 0.262 e. The second kappa shape index (κ2) is 9.01. The molecule has 132 valence electrons. The van der Waals surface area contributed by atoms with E-state index in [0.717, 1.165) is 16.5 Å². The second-order valence-electron chi connectivity index (χ2n) is 5.49. The highest BCUT2D eigenvalue weighted by Gasteiger charge is 2.06. The van der Waals surface area contributed by atoms with Crippen LogP contribution in [0.25, 0.3) is 0 Å². The normalized spacial score (nSPS) is 10.3. The van der Waals surface area contributed by atoms with Gasteiger partial charge in [-0.25, -0.2) is 9.97 Å². The highest BCUT2D eigenvalue weighted by atomic mass is 32.2. The van der Waals surface area contributed by atoms with E-state index in [9.17, 15) is 4.79 Å². The standard InChI is InChI=1S/C20H19N3O2S/c1-2-15-6-8-17(9-7-15)25-14-18(24)23-16-10-12-22-20(13-16)26-19-5-3-4-11-21-19/h3-13H,2,14H2,1H3,(H,22,23,24). The van der Waals surface area contributed by atoms with Crippen LogP contribution in [0.3, 0.4) is 0 Å². The van der Waals surface area contributed by atoms with Crippen molar-refractivity contribution >= 4 is 23.4 Å². The zero-order valence-electron chi connectivity index (χ0n) is 14.4. The van der Waals surface area contributed by atoms with Crippen LogP contribution in [0, 0.1) is 0 Å². The van der Waals surface area contributed by atoms with Gasteiger partial charge in [0.15, 0.2) is 6.61 Å². The predicted molar refractivity (Wildman–Crippen MR) is 103 cm³/mol. The SMILES string of the molecule is CCc1ccc(OCC(=O)Nc2ccnc(Sc3ccccn3)c2)cc1. The molecule has 0 saturated carbocycles. The lowest BCUT2D eigenvalue weighted by Crippen LogP contribution is -2.20. The molecule has 0 saturated heterocycles. The van der Waals surface area contributed by atoms with Crippen molar-refractivity contribution < 1.29 is 9.53 Å². The molecule has 0 spiro atoms. The Labute approximate surface area is 156 Å². The van der Waals surface area contributed by atoms with E-state index >= 15 is 0 Å². The number of carbonyl (C=O) groups is 1. The van der Waals surface area contributed by atoms with Gasteiger partial charge in [0.05, 0.1) is 0 Å². The van der Waals surface area contributed by atoms with Crippen LogP contribution in [-0.4, -0.2) is 22.5 Å². The van der Waals surface area contributed by atoms with Crippen LogP contribution >= 0.6 is 11.8 Å². The summed E-state index contributed by atoms with van der Waals surface area (Å²) in [4.78, 5) is 20.7. The van der Waals surface area contributed by atoms with Gasteiger partial charge in [0.2, 0.25) is 0 Å². The summed E-state index contributed by atoms with van der Waals surface area (Å²) in [6.45, 7) is 2.05. The number of hydrogen-bond donors (Lipinski definition) is 1. The number of aromatic nitrogens is 2. The first-order valence-electron chi connectivity index (χ1n) is 8.29. The molecule has 3 aromatic rings. The lowest BCUT2D eigenvalue weighted by Gasteiger charge is -2.09. The van der Waals surface area contributed by atoms with Crippen molar-refractivity contribution in [2.45, 2.75) is 23.4 Å². The Morgan fingerprint density at radius 3 is 2.58 bits per heavy atom. The highest BCUT2D eigenvalue weighted by molar-refractivity contribution is 7.99. The van der Waals surface area contributed by atoms with Gasteiger partial charge in [-0.3, -0.25) is 4.79 Å². The van der Waals surface area contributed by atoms with Crippen molar-refractivity contribution in [3.05, 3.63) is 72.6 Å². The maximum Gasteiger partial charge on any atom is 0.262 e. The zero-order chi connectivity index (χ0) is 18.2. The summed E-state index contributed by atoms with van der Waals surface area (Å²) in [6.07, 6.45) is 4.37. The van der Waals surface area contributed by atoms with Crippen molar-refractivity contribution in [2.75, 3.05) is 11.9 Å². The number of rotatable bonds is 7. The quantitative estimate of drug-likeness (QED) is 0.679. The van der Waals surface area contributed by atoms with Crippen molar-refractivity contribution in [1.82, 2.24) is 9.97 Å². The molecule has 0 bridgehead atoms. The summed E-state index contributed by atoms with van der Waals surface area (Å²) in [5, 5.41) is 4.43. The number of nitrogens with one attached hydrogen (secondary N) is 1. The monoisotopic (exact) mass is 365 g/mol. The summed E-state index contributed by atoms with van der Waals surface area (Å²) < 4.78 is 5.52. The third kappa shape index (κ3) is 5.32. The third-order valence-electron chi connectivity index (χ3n) is 3.57. The van der Waals surface area contributed by atoms with Gasteiger partial charge in [0.1, 0.15) is 15.8 Å². The van der Waals surface area contributed by atoms with Crippen LogP contribution in [0.1, 0.15) is 12.5 Å². The first-order chi connectivity index (χ1) is 12.7. The molecule has 3 rings (SSSR count). The van der Waals surface area contributed by atoms with Crippen LogP contribution in [0.4, 0.5) is 5.69 Å². The van der Waals surface area contributed by atoms with E-state index < -0.39 is 0 Å². The summed E-state index contributed by atoms with van der Waals surface area (Å²) in [6, 6.07) is 17.0. The van der Waals surface area contributed by atoms with Gasteiger partial charge in [0, 0.05) is 18.1 Å². The molecule has 1 aromatic carbocycles. The summed E-state index contributed by atoms with van der Waals surface area (Å²) in [7, 11) is 0. The van der Waals surface area contributed by atoms with E-state index in [1.807, 2.05) is 48.5 Å². The Morgan fingerprint density at radius 2 is 1.85 bits per heavy atom. The first kappa shape index (κ1) is 17.9. The van der Waals surface area contributed by atoms with Gasteiger partial charge in [-0.05, 0) is 48.4 Å². The molecule has 26 heavy (non-hydrogen) atoms. The van der Waals surface area contributed by atoms with Crippen molar-refractivity contribution in [2.24, 2.45) is 0 Å². The van der Waals surface area contributed by atoms with Crippen molar-refractivity contribution in [3.8, 4) is 5.75 Å². The highest BCUT2D eigenvalue weighted by Crippen LogP contribution is 2.25. The van der Waals surface area contributed by atoms with Crippen molar-refractivity contribution in [3.63, 3.8) is 0 Å². The van der Waals surface area contributed by atoms with E-state index in [0.29, 0.717) is 11.4 Å². The van der Waals surface area contributed by atoms with Gasteiger partial charge in [-0.1, -0.05) is 36.9 Å². The maximum absolute atomic E-state index is 12.1. The summed E-state index contributed by atoms with van der Waals surface area (Å²) in [5.41, 5.74) is 1.91. The lowest BCUT2D eigenvalue weighted by molar-refractivity contribution is -0.118. The second-order valence-corrected chi connectivity index (χ2v) is 6.53. The molecule has 0 fully saturated rings. The molecule has 1 N–H and O–H groups in total. The zero-order valence-corrected chi connectivity index (χ0v) is 15.2. The Hall–Kier alpha value is -2.86. The topological polar surface area (TPSA) is 64.1 Å². The predicted octanol–water partition coefficient (Wildman–Crippen LogP) is 4.21. The molecule has 0 atom stereocenters. The summed E-state index contributed by atoms with van der Waals surface area (Å²) in [5.74, 6) is 0.461. The Balaban J connectivity index is 1.54. The number of hydrogen-bond acceptors (Lipinski definition) is 5.